The van der Waals surface area contributed by atoms with Crippen molar-refractivity contribution >= 4 is 61.4 Å². The molecule has 0 saturated heterocycles. The van der Waals surface area contributed by atoms with E-state index in [0.717, 1.165) is 0 Å². The van der Waals surface area contributed by atoms with Gasteiger partial charge in [-0.15, -0.1) is 11.3 Å². The van der Waals surface area contributed by atoms with Crippen LogP contribution in [0.4, 0.5) is 15.2 Å². The van der Waals surface area contributed by atoms with Crippen molar-refractivity contribution in [2.24, 2.45) is 0 Å². The van der Waals surface area contributed by atoms with Gasteiger partial charge in [0.2, 0.25) is 0 Å². The van der Waals surface area contributed by atoms with E-state index < -0.39 is 5.82 Å². The van der Waals surface area contributed by atoms with Crippen LogP contribution in [0.2, 0.25) is 10.0 Å². The number of carbonyl (C=O) groups is 1. The van der Waals surface area contributed by atoms with E-state index in [1.165, 1.54) is 17.4 Å². The average molecular weight is 526 g/mol. The van der Waals surface area contributed by atoms with Gasteiger partial charge in [0.05, 0.1) is 16.6 Å². The van der Waals surface area contributed by atoms with Crippen molar-refractivity contribution in [2.45, 2.75) is 19.4 Å². The first-order valence-electron chi connectivity index (χ1n) is 10.7. The Balaban J connectivity index is 1.66. The molecule has 2 aromatic carbocycles. The summed E-state index contributed by atoms with van der Waals surface area (Å²) in [4.78, 5) is 19.2. The fourth-order valence-corrected chi connectivity index (χ4v) is 6.24. The molecular formula is C25H18Cl2FN5OS. The second-order valence-corrected chi connectivity index (χ2v) is 10.1. The van der Waals surface area contributed by atoms with Crippen LogP contribution in [0.3, 0.4) is 0 Å². The highest BCUT2D eigenvalue weighted by atomic mass is 35.5. The largest absolute Gasteiger partial charge is 0.389 e. The molecule has 4 aromatic rings. The van der Waals surface area contributed by atoms with E-state index in [2.05, 4.69) is 11.1 Å². The fraction of sp³-hybridized carbons (Fsp3) is 0.160. The molecule has 1 aliphatic heterocycles. The molecule has 1 amide bonds. The predicted molar refractivity (Wildman–Crippen MR) is 138 cm³/mol. The summed E-state index contributed by atoms with van der Waals surface area (Å²) >= 11 is 14.5. The normalized spacial score (nSPS) is 14.1. The van der Waals surface area contributed by atoms with Crippen molar-refractivity contribution in [3.63, 3.8) is 0 Å². The number of amides is 1. The van der Waals surface area contributed by atoms with E-state index in [1.54, 1.807) is 29.3 Å². The molecule has 0 radical (unpaired) electrons. The third kappa shape index (κ3) is 3.59. The second-order valence-electron chi connectivity index (χ2n) is 8.22. The number of anilines is 2. The lowest BCUT2D eigenvalue weighted by Crippen LogP contribution is -2.40. The lowest BCUT2D eigenvalue weighted by Gasteiger charge is -2.35. The Hall–Kier alpha value is -3.38. The van der Waals surface area contributed by atoms with Gasteiger partial charge in [-0.2, -0.15) is 5.26 Å². The van der Waals surface area contributed by atoms with Gasteiger partial charge in [-0.05, 0) is 43.2 Å². The predicted octanol–water partition coefficient (Wildman–Crippen LogP) is 6.20. The van der Waals surface area contributed by atoms with Crippen LogP contribution in [-0.2, 0) is 6.42 Å². The second kappa shape index (κ2) is 8.68. The van der Waals surface area contributed by atoms with Gasteiger partial charge in [-0.3, -0.25) is 4.79 Å². The lowest BCUT2D eigenvalue weighted by molar-refractivity contribution is 0.0672. The molecule has 6 nitrogen and oxygen atoms in total. The molecular weight excluding hydrogens is 508 g/mol. The van der Waals surface area contributed by atoms with Crippen molar-refractivity contribution in [1.82, 2.24) is 9.88 Å². The monoisotopic (exact) mass is 525 g/mol. The van der Waals surface area contributed by atoms with Crippen molar-refractivity contribution in [2.75, 3.05) is 18.0 Å². The topological polar surface area (TPSA) is 109 Å². The molecule has 176 valence electrons. The number of thiophene rings is 1. The molecule has 1 atom stereocenters. The minimum atomic E-state index is -0.708. The van der Waals surface area contributed by atoms with Gasteiger partial charge < -0.3 is 16.4 Å². The first kappa shape index (κ1) is 23.4. The highest BCUT2D eigenvalue weighted by molar-refractivity contribution is 7.23. The van der Waals surface area contributed by atoms with E-state index in [0.29, 0.717) is 50.6 Å². The molecule has 4 N–H and O–H groups in total. The van der Waals surface area contributed by atoms with Crippen molar-refractivity contribution in [3.8, 4) is 17.2 Å². The molecule has 0 spiro atoms. The van der Waals surface area contributed by atoms with E-state index >= 15 is 4.39 Å². The summed E-state index contributed by atoms with van der Waals surface area (Å²) in [7, 11) is 0. The van der Waals surface area contributed by atoms with Crippen LogP contribution in [0.25, 0.3) is 21.2 Å². The van der Waals surface area contributed by atoms with Gasteiger partial charge >= 0.3 is 0 Å². The smallest absolute Gasteiger partial charge is 0.254 e. The molecule has 5 rings (SSSR count). The average Bonchev–Trinajstić information content (AvgIpc) is 3.16. The number of nitrogens with zero attached hydrogens (tertiary/aromatic N) is 3. The van der Waals surface area contributed by atoms with Gasteiger partial charge in [-0.25, -0.2) is 9.37 Å². The maximum absolute atomic E-state index is 15.7. The number of benzene rings is 2. The van der Waals surface area contributed by atoms with Crippen LogP contribution < -0.4 is 11.5 Å². The number of carbonyl (C=O) groups excluding carboxylic acids is 1. The molecule has 0 fully saturated rings. The summed E-state index contributed by atoms with van der Waals surface area (Å²) in [6.45, 7) is 2.21. The summed E-state index contributed by atoms with van der Waals surface area (Å²) in [6.07, 6.45) is 1.99. The Morgan fingerprint density at radius 3 is 2.74 bits per heavy atom. The highest BCUT2D eigenvalue weighted by Gasteiger charge is 2.34. The van der Waals surface area contributed by atoms with E-state index in [-0.39, 0.29) is 38.7 Å². The SMILES string of the molecule is C[C@H](c1cccnc1N)N1CCc2c(cc(F)c(-c3c(Cl)ccc4sc(N)c(C#N)c34)c2Cl)C1=O. The minimum absolute atomic E-state index is 0.0566. The molecule has 2 aromatic heterocycles. The Bertz CT molecular complexity index is 1580. The number of nitriles is 1. The van der Waals surface area contributed by atoms with Crippen LogP contribution in [0, 0.1) is 17.1 Å². The standard InChI is InChI=1S/C25H18Cl2FN5OS/c1-11(12-3-2-7-32-23(12)30)33-8-6-13-14(25(33)34)9-17(28)21(22(13)27)20-16(26)4-5-18-19(20)15(10-29)24(31)35-18/h2-5,7,9,11H,6,8,31H2,1H3,(H2,30,32)/t11-/m1/s1. The van der Waals surface area contributed by atoms with Crippen LogP contribution in [0.1, 0.15) is 40.0 Å². The zero-order valence-corrected chi connectivity index (χ0v) is 20.7. The maximum Gasteiger partial charge on any atom is 0.254 e. The van der Waals surface area contributed by atoms with Gasteiger partial charge in [0.25, 0.3) is 5.91 Å². The third-order valence-electron chi connectivity index (χ3n) is 6.40. The molecule has 0 saturated carbocycles. The summed E-state index contributed by atoms with van der Waals surface area (Å²) < 4.78 is 16.4. The number of fused-ring (bicyclic) bond motifs is 2. The molecule has 3 heterocycles. The minimum Gasteiger partial charge on any atom is -0.389 e. The Morgan fingerprint density at radius 2 is 2.03 bits per heavy atom. The molecule has 35 heavy (non-hydrogen) atoms. The summed E-state index contributed by atoms with van der Waals surface area (Å²) in [5, 5.41) is 10.8. The number of hydrogen-bond donors (Lipinski definition) is 2. The van der Waals surface area contributed by atoms with Crippen molar-refractivity contribution < 1.29 is 9.18 Å². The summed E-state index contributed by atoms with van der Waals surface area (Å²) in [6, 6.07) is 9.85. The zero-order valence-electron chi connectivity index (χ0n) is 18.4. The zero-order chi connectivity index (χ0) is 25.0. The number of pyridine rings is 1. The lowest BCUT2D eigenvalue weighted by atomic mass is 9.90. The summed E-state index contributed by atoms with van der Waals surface area (Å²) in [5.41, 5.74) is 14.1. The number of halogens is 3. The van der Waals surface area contributed by atoms with Crippen LogP contribution in [0.5, 0.6) is 0 Å². The molecule has 1 aliphatic rings. The number of rotatable bonds is 3. The molecule has 0 unspecified atom stereocenters. The van der Waals surface area contributed by atoms with Crippen molar-refractivity contribution in [1.29, 1.82) is 5.26 Å². The van der Waals surface area contributed by atoms with Gasteiger partial charge in [0.1, 0.15) is 22.7 Å². The number of aromatic nitrogens is 1. The molecule has 0 aliphatic carbocycles. The number of hydrogen-bond acceptors (Lipinski definition) is 6. The third-order valence-corrected chi connectivity index (χ3v) is 8.11. The fourth-order valence-electron chi connectivity index (χ4n) is 4.67. The first-order valence-corrected chi connectivity index (χ1v) is 12.2. The van der Waals surface area contributed by atoms with Gasteiger partial charge in [0, 0.05) is 50.1 Å². The van der Waals surface area contributed by atoms with E-state index in [4.69, 9.17) is 34.7 Å². The Kier molecular flexibility index (Phi) is 5.80. The number of nitrogens with two attached hydrogens (primary N) is 2. The van der Waals surface area contributed by atoms with Crippen LogP contribution in [0.15, 0.2) is 36.5 Å². The van der Waals surface area contributed by atoms with Gasteiger partial charge in [0.15, 0.2) is 0 Å². The number of nitrogen functional groups attached to an aromatic ring is 2. The van der Waals surface area contributed by atoms with Crippen LogP contribution in [-0.4, -0.2) is 22.3 Å². The van der Waals surface area contributed by atoms with Crippen molar-refractivity contribution in [3.05, 3.63) is 74.6 Å². The molecule has 0 bridgehead atoms. The van der Waals surface area contributed by atoms with E-state index in [9.17, 15) is 10.1 Å². The highest BCUT2D eigenvalue weighted by Crippen LogP contribution is 2.47. The molecule has 10 heteroatoms. The maximum atomic E-state index is 15.7. The Morgan fingerprint density at radius 1 is 1.26 bits per heavy atom. The van der Waals surface area contributed by atoms with Gasteiger partial charge in [-0.1, -0.05) is 29.3 Å². The first-order chi connectivity index (χ1) is 16.7. The van der Waals surface area contributed by atoms with E-state index in [1.807, 2.05) is 13.0 Å². The summed E-state index contributed by atoms with van der Waals surface area (Å²) in [5.74, 6) is -0.721. The Labute approximate surface area is 214 Å². The quantitative estimate of drug-likeness (QED) is 0.330. The van der Waals surface area contributed by atoms with Crippen LogP contribution >= 0.6 is 34.5 Å².